The minimum atomic E-state index is -3.24. The van der Waals surface area contributed by atoms with Crippen molar-refractivity contribution in [2.75, 3.05) is 19.3 Å². The standard InChI is InChI=1S/C17H23N5O3S/c1-10-9-12(15-11(2)19-20(3)16(15)18-10)17(23)21-7-5-14-13(21)6-8-22(14)26(4,24)25/h9,13-14H,5-8H2,1-4H3/t13-,14-/m0/s1. The molecule has 26 heavy (non-hydrogen) atoms. The largest absolute Gasteiger partial charge is 0.334 e. The lowest BCUT2D eigenvalue weighted by Gasteiger charge is -2.25. The molecule has 0 aromatic carbocycles. The maximum absolute atomic E-state index is 13.4. The lowest BCUT2D eigenvalue weighted by molar-refractivity contribution is 0.0737. The Bertz CT molecular complexity index is 1010. The Morgan fingerprint density at radius 2 is 1.88 bits per heavy atom. The van der Waals surface area contributed by atoms with Crippen molar-refractivity contribution in [3.8, 4) is 0 Å². The van der Waals surface area contributed by atoms with Crippen LogP contribution < -0.4 is 0 Å². The predicted molar refractivity (Wildman–Crippen MR) is 97.4 cm³/mol. The average Bonchev–Trinajstić information content (AvgIpc) is 3.19. The molecule has 9 heteroatoms. The van der Waals surface area contributed by atoms with E-state index in [-0.39, 0.29) is 18.0 Å². The molecular formula is C17H23N5O3S. The number of nitrogens with zero attached hydrogens (tertiary/aromatic N) is 5. The number of hydrogen-bond acceptors (Lipinski definition) is 5. The highest BCUT2D eigenvalue weighted by molar-refractivity contribution is 7.88. The van der Waals surface area contributed by atoms with Crippen molar-refractivity contribution in [2.24, 2.45) is 7.05 Å². The Labute approximate surface area is 152 Å². The third-order valence-corrected chi connectivity index (χ3v) is 6.84. The summed E-state index contributed by atoms with van der Waals surface area (Å²) in [5.41, 5.74) is 2.85. The first-order valence-electron chi connectivity index (χ1n) is 8.77. The number of hydrogen-bond donors (Lipinski definition) is 0. The normalized spacial score (nSPS) is 23.8. The fourth-order valence-corrected chi connectivity index (χ4v) is 5.68. The van der Waals surface area contributed by atoms with E-state index in [4.69, 9.17) is 0 Å². The number of carbonyl (C=O) groups is 1. The van der Waals surface area contributed by atoms with Crippen LogP contribution in [0.3, 0.4) is 0 Å². The molecule has 0 radical (unpaired) electrons. The first kappa shape index (κ1) is 17.4. The first-order chi connectivity index (χ1) is 12.2. The number of aromatic nitrogens is 3. The van der Waals surface area contributed by atoms with Gasteiger partial charge in [0.25, 0.3) is 5.91 Å². The molecule has 2 fully saturated rings. The second-order valence-electron chi connectivity index (χ2n) is 7.30. The molecule has 140 valence electrons. The number of carbonyl (C=O) groups excluding carboxylic acids is 1. The van der Waals surface area contributed by atoms with Crippen LogP contribution in [0.15, 0.2) is 6.07 Å². The fourth-order valence-electron chi connectivity index (χ4n) is 4.50. The topological polar surface area (TPSA) is 88.4 Å². The second kappa shape index (κ2) is 5.75. The van der Waals surface area contributed by atoms with Crippen molar-refractivity contribution in [2.45, 2.75) is 38.8 Å². The van der Waals surface area contributed by atoms with E-state index in [0.717, 1.165) is 16.8 Å². The van der Waals surface area contributed by atoms with Crippen molar-refractivity contribution >= 4 is 27.0 Å². The third-order valence-electron chi connectivity index (χ3n) is 5.54. The van der Waals surface area contributed by atoms with Crippen LogP contribution in [0.25, 0.3) is 11.0 Å². The number of fused-ring (bicyclic) bond motifs is 2. The van der Waals surface area contributed by atoms with E-state index in [9.17, 15) is 13.2 Å². The zero-order chi connectivity index (χ0) is 18.8. The van der Waals surface area contributed by atoms with Gasteiger partial charge in [0.05, 0.1) is 22.9 Å². The summed E-state index contributed by atoms with van der Waals surface area (Å²) in [5.74, 6) is -0.0561. The SMILES string of the molecule is Cc1cc(C(=O)N2CC[C@H]3[C@@H]2CCN3S(C)(=O)=O)c2c(C)nn(C)c2n1. The molecule has 2 atom stereocenters. The Balaban J connectivity index is 1.73. The molecule has 0 unspecified atom stereocenters. The van der Waals surface area contributed by atoms with Crippen molar-refractivity contribution in [1.29, 1.82) is 0 Å². The molecule has 0 aliphatic carbocycles. The number of likely N-dealkylation sites (tertiary alicyclic amines) is 1. The lowest BCUT2D eigenvalue weighted by Crippen LogP contribution is -2.41. The number of pyridine rings is 1. The van der Waals surface area contributed by atoms with E-state index in [0.29, 0.717) is 37.1 Å². The molecule has 0 bridgehead atoms. The Morgan fingerprint density at radius 3 is 2.58 bits per heavy atom. The van der Waals surface area contributed by atoms with Crippen molar-refractivity contribution in [1.82, 2.24) is 24.0 Å². The molecule has 2 aliphatic heterocycles. The first-order valence-corrected chi connectivity index (χ1v) is 10.6. The summed E-state index contributed by atoms with van der Waals surface area (Å²) >= 11 is 0. The summed E-state index contributed by atoms with van der Waals surface area (Å²) in [6.45, 7) is 4.80. The van der Waals surface area contributed by atoms with Gasteiger partial charge in [0.15, 0.2) is 5.65 Å². The number of aryl methyl sites for hydroxylation is 3. The minimum Gasteiger partial charge on any atom is -0.334 e. The van der Waals surface area contributed by atoms with Crippen molar-refractivity contribution in [3.05, 3.63) is 23.0 Å². The molecule has 2 saturated heterocycles. The van der Waals surface area contributed by atoms with Crippen LogP contribution in [0.2, 0.25) is 0 Å². The molecule has 8 nitrogen and oxygen atoms in total. The number of sulfonamides is 1. The summed E-state index contributed by atoms with van der Waals surface area (Å²) in [4.78, 5) is 19.7. The molecule has 0 spiro atoms. The lowest BCUT2D eigenvalue weighted by atomic mass is 10.1. The zero-order valence-electron chi connectivity index (χ0n) is 15.4. The van der Waals surface area contributed by atoms with Crippen LogP contribution in [0.4, 0.5) is 0 Å². The molecule has 2 aliphatic rings. The van der Waals surface area contributed by atoms with Gasteiger partial charge in [-0.05, 0) is 32.8 Å². The summed E-state index contributed by atoms with van der Waals surface area (Å²) < 4.78 is 27.2. The van der Waals surface area contributed by atoms with Gasteiger partial charge in [0.1, 0.15) is 0 Å². The van der Waals surface area contributed by atoms with E-state index in [2.05, 4.69) is 10.1 Å². The highest BCUT2D eigenvalue weighted by Gasteiger charge is 2.47. The second-order valence-corrected chi connectivity index (χ2v) is 9.24. The van der Waals surface area contributed by atoms with E-state index < -0.39 is 10.0 Å². The number of rotatable bonds is 2. The zero-order valence-corrected chi connectivity index (χ0v) is 16.2. The maximum Gasteiger partial charge on any atom is 0.255 e. The Hall–Kier alpha value is -2.00. The van der Waals surface area contributed by atoms with E-state index in [1.54, 1.807) is 8.99 Å². The fraction of sp³-hybridized carbons (Fsp3) is 0.588. The van der Waals surface area contributed by atoms with Gasteiger partial charge < -0.3 is 4.90 Å². The van der Waals surface area contributed by atoms with Crippen LogP contribution in [0, 0.1) is 13.8 Å². The Morgan fingerprint density at radius 1 is 1.19 bits per heavy atom. The van der Waals surface area contributed by atoms with E-state index in [1.165, 1.54) is 6.26 Å². The summed E-state index contributed by atoms with van der Waals surface area (Å²) in [6.07, 6.45) is 2.61. The molecular weight excluding hydrogens is 354 g/mol. The third kappa shape index (κ3) is 2.52. The van der Waals surface area contributed by atoms with Crippen molar-refractivity contribution in [3.63, 3.8) is 0 Å². The van der Waals surface area contributed by atoms with Crippen LogP contribution >= 0.6 is 0 Å². The highest BCUT2D eigenvalue weighted by Crippen LogP contribution is 2.35. The maximum atomic E-state index is 13.4. The van der Waals surface area contributed by atoms with Gasteiger partial charge in [-0.15, -0.1) is 0 Å². The van der Waals surface area contributed by atoms with Gasteiger partial charge in [-0.2, -0.15) is 9.40 Å². The summed E-state index contributed by atoms with van der Waals surface area (Å²) in [7, 11) is -1.42. The molecule has 2 aromatic heterocycles. The molecule has 0 N–H and O–H groups in total. The monoisotopic (exact) mass is 377 g/mol. The van der Waals surface area contributed by atoms with Crippen LogP contribution in [-0.4, -0.2) is 69.7 Å². The molecule has 4 rings (SSSR count). The molecule has 2 aromatic rings. The van der Waals surface area contributed by atoms with Gasteiger partial charge in [-0.25, -0.2) is 13.4 Å². The smallest absolute Gasteiger partial charge is 0.255 e. The van der Waals surface area contributed by atoms with E-state index >= 15 is 0 Å². The highest BCUT2D eigenvalue weighted by atomic mass is 32.2. The predicted octanol–water partition coefficient (Wildman–Crippen LogP) is 0.834. The van der Waals surface area contributed by atoms with Gasteiger partial charge in [0, 0.05) is 37.9 Å². The van der Waals surface area contributed by atoms with Gasteiger partial charge >= 0.3 is 0 Å². The summed E-state index contributed by atoms with van der Waals surface area (Å²) in [6, 6.07) is 1.65. The van der Waals surface area contributed by atoms with Gasteiger partial charge in [0.2, 0.25) is 10.0 Å². The average molecular weight is 377 g/mol. The van der Waals surface area contributed by atoms with Crippen LogP contribution in [0.5, 0.6) is 0 Å². The van der Waals surface area contributed by atoms with Crippen LogP contribution in [-0.2, 0) is 17.1 Å². The minimum absolute atomic E-state index is 0.0561. The van der Waals surface area contributed by atoms with Gasteiger partial charge in [-0.3, -0.25) is 9.48 Å². The van der Waals surface area contributed by atoms with E-state index in [1.807, 2.05) is 31.9 Å². The molecule has 0 saturated carbocycles. The van der Waals surface area contributed by atoms with Gasteiger partial charge in [-0.1, -0.05) is 0 Å². The van der Waals surface area contributed by atoms with Crippen molar-refractivity contribution < 1.29 is 13.2 Å². The Kier molecular flexibility index (Phi) is 3.85. The molecule has 1 amide bonds. The number of amides is 1. The summed E-state index contributed by atoms with van der Waals surface area (Å²) in [5, 5.41) is 5.19. The quantitative estimate of drug-likeness (QED) is 0.774. The molecule has 4 heterocycles. The van der Waals surface area contributed by atoms with Crippen LogP contribution in [0.1, 0.15) is 34.6 Å².